The van der Waals surface area contributed by atoms with E-state index in [4.69, 9.17) is 0 Å². The Morgan fingerprint density at radius 2 is 1.35 bits per heavy atom. The Hall–Kier alpha value is -1.36. The number of rotatable bonds is 11. The predicted octanol–water partition coefficient (Wildman–Crippen LogP) is 5.92. The second-order valence-corrected chi connectivity index (χ2v) is 9.70. The summed E-state index contributed by atoms with van der Waals surface area (Å²) < 4.78 is 2.50. The Morgan fingerprint density at radius 3 is 1.96 bits per heavy atom. The maximum atomic E-state index is 13.4. The second kappa shape index (κ2) is 12.1. The van der Waals surface area contributed by atoms with Gasteiger partial charge in [-0.25, -0.2) is 0 Å². The van der Waals surface area contributed by atoms with Crippen molar-refractivity contribution in [3.8, 4) is 0 Å². The van der Waals surface area contributed by atoms with Crippen LogP contribution in [0.3, 0.4) is 0 Å². The van der Waals surface area contributed by atoms with E-state index in [1.807, 2.05) is 30.3 Å². The molecule has 0 fully saturated rings. The minimum atomic E-state index is -0.672. The van der Waals surface area contributed by atoms with Crippen LogP contribution in [0.15, 0.2) is 69.9 Å². The molecule has 0 unspecified atom stereocenters. The number of unbranched alkanes of at least 4 members (excludes halogenated alkanes) is 3. The molecule has 0 N–H and O–H groups in total. The van der Waals surface area contributed by atoms with E-state index in [0.29, 0.717) is 0 Å². The summed E-state index contributed by atoms with van der Waals surface area (Å²) in [5.41, 5.74) is 2.27. The van der Waals surface area contributed by atoms with Crippen LogP contribution < -0.4 is 3.61 Å². The summed E-state index contributed by atoms with van der Waals surface area (Å²) in [6.45, 7) is 4.47. The summed E-state index contributed by atoms with van der Waals surface area (Å²) in [5.74, 6) is 0.263. The van der Waals surface area contributed by atoms with Gasteiger partial charge in [0.05, 0.1) is 0 Å². The molecule has 138 valence electrons. The zero-order chi connectivity index (χ0) is 18.6. The molecule has 0 saturated heterocycles. The Bertz CT molecular complexity index is 689. The van der Waals surface area contributed by atoms with Crippen molar-refractivity contribution in [3.63, 3.8) is 0 Å². The minimum absolute atomic E-state index is 0.263. The normalized spacial score (nSPS) is 11.9. The van der Waals surface area contributed by atoms with Gasteiger partial charge in [-0.3, -0.25) is 0 Å². The number of hydrogen-bond donors (Lipinski definition) is 0. The third kappa shape index (κ3) is 6.75. The molecule has 0 aliphatic rings. The molecule has 26 heavy (non-hydrogen) atoms. The molecule has 0 aromatic heterocycles. The van der Waals surface area contributed by atoms with Crippen LogP contribution in [0.1, 0.15) is 69.2 Å². The molecule has 1 nitrogen and oxygen atoms in total. The summed E-state index contributed by atoms with van der Waals surface area (Å²) >= 11 is -0.672. The van der Waals surface area contributed by atoms with Crippen LogP contribution in [0.5, 0.6) is 0 Å². The summed E-state index contributed by atoms with van der Waals surface area (Å²) in [7, 11) is 0. The van der Waals surface area contributed by atoms with E-state index >= 15 is 0 Å². The van der Waals surface area contributed by atoms with Gasteiger partial charge in [0, 0.05) is 0 Å². The fourth-order valence-corrected chi connectivity index (χ4v) is 6.04. The number of benzene rings is 2. The van der Waals surface area contributed by atoms with Crippen molar-refractivity contribution in [3.05, 3.63) is 75.4 Å². The Balaban J connectivity index is 2.38. The van der Waals surface area contributed by atoms with Crippen molar-refractivity contribution in [1.29, 1.82) is 0 Å². The van der Waals surface area contributed by atoms with Crippen molar-refractivity contribution in [1.82, 2.24) is 0 Å². The van der Waals surface area contributed by atoms with E-state index in [0.717, 1.165) is 22.0 Å². The Labute approximate surface area is 169 Å². The van der Waals surface area contributed by atoms with Gasteiger partial charge >= 0.3 is 169 Å². The zero-order valence-electron chi connectivity index (χ0n) is 16.0. The first-order valence-electron chi connectivity index (χ1n) is 9.81. The molecule has 0 aliphatic carbocycles. The SMILES string of the molecule is CCCCC/C(CCCC)=C(\[Te]c1ccccc1)C(=O)c1ccccc1. The first-order valence-corrected chi connectivity index (χ1v) is 12.1. The quantitative estimate of drug-likeness (QED) is 0.175. The van der Waals surface area contributed by atoms with Crippen LogP contribution in [0, 0.1) is 0 Å². The van der Waals surface area contributed by atoms with Gasteiger partial charge in [0.25, 0.3) is 0 Å². The standard InChI is InChI=1S/C24H30OTe/c1-3-5-9-17-21(14-6-4-2)24(26-22-18-12-8-13-19-22)23(25)20-15-10-7-11-16-20/h7-8,10-13,15-16,18-19H,3-6,9,14,17H2,1-2H3/b24-21-. The fraction of sp³-hybridized carbons (Fsp3) is 0.375. The molecule has 0 heterocycles. The number of carbonyl (C=O) groups is 1. The van der Waals surface area contributed by atoms with Crippen LogP contribution in [-0.2, 0) is 0 Å². The van der Waals surface area contributed by atoms with Gasteiger partial charge in [-0.15, -0.1) is 0 Å². The average molecular weight is 462 g/mol. The maximum absolute atomic E-state index is 13.4. The molecule has 0 spiro atoms. The molecule has 0 bridgehead atoms. The first-order chi connectivity index (χ1) is 12.8. The van der Waals surface area contributed by atoms with E-state index in [9.17, 15) is 4.79 Å². The molecule has 0 amide bonds. The molecule has 2 aromatic rings. The van der Waals surface area contributed by atoms with Crippen molar-refractivity contribution in [2.24, 2.45) is 0 Å². The second-order valence-electron chi connectivity index (χ2n) is 6.60. The molecule has 2 heteroatoms. The van der Waals surface area contributed by atoms with E-state index < -0.39 is 20.9 Å². The van der Waals surface area contributed by atoms with E-state index in [2.05, 4.69) is 44.2 Å². The van der Waals surface area contributed by atoms with Crippen molar-refractivity contribution < 1.29 is 4.79 Å². The van der Waals surface area contributed by atoms with Crippen LogP contribution in [-0.4, -0.2) is 26.7 Å². The predicted molar refractivity (Wildman–Crippen MR) is 113 cm³/mol. The summed E-state index contributed by atoms with van der Waals surface area (Å²) in [5, 5.41) is 0. The number of allylic oxidation sites excluding steroid dienone is 2. The molecular weight excluding hydrogens is 432 g/mol. The molecule has 0 atom stereocenters. The molecular formula is C24H30OTe. The molecule has 0 aliphatic heterocycles. The van der Waals surface area contributed by atoms with Gasteiger partial charge < -0.3 is 0 Å². The van der Waals surface area contributed by atoms with Crippen LogP contribution in [0.25, 0.3) is 0 Å². The van der Waals surface area contributed by atoms with Crippen molar-refractivity contribution in [2.75, 3.05) is 0 Å². The Kier molecular flexibility index (Phi) is 9.75. The van der Waals surface area contributed by atoms with Gasteiger partial charge in [0.1, 0.15) is 0 Å². The van der Waals surface area contributed by atoms with Gasteiger partial charge in [-0.05, 0) is 0 Å². The molecule has 2 rings (SSSR count). The number of ketones is 1. The number of carbonyl (C=O) groups excluding carboxylic acids is 1. The van der Waals surface area contributed by atoms with Crippen LogP contribution in [0.2, 0.25) is 0 Å². The zero-order valence-corrected chi connectivity index (χ0v) is 18.4. The van der Waals surface area contributed by atoms with Gasteiger partial charge in [-0.2, -0.15) is 0 Å². The van der Waals surface area contributed by atoms with E-state index in [1.165, 1.54) is 41.3 Å². The van der Waals surface area contributed by atoms with Gasteiger partial charge in [-0.1, -0.05) is 0 Å². The van der Waals surface area contributed by atoms with Crippen molar-refractivity contribution >= 4 is 30.3 Å². The Morgan fingerprint density at radius 1 is 0.769 bits per heavy atom. The molecule has 0 radical (unpaired) electrons. The number of hydrogen-bond acceptors (Lipinski definition) is 1. The summed E-state index contributed by atoms with van der Waals surface area (Å²) in [4.78, 5) is 13.4. The van der Waals surface area contributed by atoms with Crippen LogP contribution >= 0.6 is 0 Å². The molecule has 2 aromatic carbocycles. The van der Waals surface area contributed by atoms with Crippen LogP contribution in [0.4, 0.5) is 0 Å². The monoisotopic (exact) mass is 464 g/mol. The fourth-order valence-electron chi connectivity index (χ4n) is 2.94. The topological polar surface area (TPSA) is 17.1 Å². The van der Waals surface area contributed by atoms with Gasteiger partial charge in [0.2, 0.25) is 0 Å². The summed E-state index contributed by atoms with van der Waals surface area (Å²) in [6.07, 6.45) is 8.17. The molecule has 0 saturated carbocycles. The van der Waals surface area contributed by atoms with E-state index in [1.54, 1.807) is 0 Å². The third-order valence-electron chi connectivity index (χ3n) is 4.44. The first kappa shape index (κ1) is 20.9. The van der Waals surface area contributed by atoms with Gasteiger partial charge in [0.15, 0.2) is 0 Å². The number of Topliss-reactive ketones (excluding diaryl/α,β-unsaturated/α-hetero) is 1. The summed E-state index contributed by atoms with van der Waals surface area (Å²) in [6, 6.07) is 20.4. The van der Waals surface area contributed by atoms with Crippen molar-refractivity contribution in [2.45, 2.75) is 58.8 Å². The third-order valence-corrected chi connectivity index (χ3v) is 7.83. The van der Waals surface area contributed by atoms with E-state index in [-0.39, 0.29) is 5.78 Å². The average Bonchev–Trinajstić information content (AvgIpc) is 2.70.